The molecular formula is C29H34N4O5. The minimum Gasteiger partial charge on any atom is -0.355 e. The van der Waals surface area contributed by atoms with E-state index in [1.807, 2.05) is 57.2 Å². The number of benzene rings is 2. The predicted molar refractivity (Wildman–Crippen MR) is 141 cm³/mol. The van der Waals surface area contributed by atoms with Crippen molar-refractivity contribution in [1.29, 1.82) is 0 Å². The maximum Gasteiger partial charge on any atom is 0.255 e. The Morgan fingerprint density at radius 1 is 1.05 bits per heavy atom. The third kappa shape index (κ3) is 6.45. The standard InChI is InChI=1S/C29H34N4O5/c1-29(2,3)14-25(35)30-16-22(19-7-5-4-6-8-19)26(36)31-15-18-9-10-21-20(13-18)17-33(28(21)38)23-11-12-24(34)32-27(23)37/h4-10,13,22-23H,11-12,14-17H2,1-3H3,(H,30,35)(H,31,36)(H,32,34,37). The van der Waals surface area contributed by atoms with E-state index in [4.69, 9.17) is 0 Å². The van der Waals surface area contributed by atoms with Crippen LogP contribution in [0.2, 0.25) is 0 Å². The van der Waals surface area contributed by atoms with Crippen LogP contribution in [0, 0.1) is 5.41 Å². The topological polar surface area (TPSA) is 125 Å². The molecule has 2 aromatic carbocycles. The summed E-state index contributed by atoms with van der Waals surface area (Å²) in [6.45, 7) is 6.67. The molecule has 3 N–H and O–H groups in total. The molecule has 0 radical (unpaired) electrons. The van der Waals surface area contributed by atoms with Gasteiger partial charge in [0.25, 0.3) is 5.91 Å². The molecule has 0 aliphatic carbocycles. The van der Waals surface area contributed by atoms with Crippen molar-refractivity contribution in [3.63, 3.8) is 0 Å². The molecule has 0 aromatic heterocycles. The summed E-state index contributed by atoms with van der Waals surface area (Å²) in [5.41, 5.74) is 2.77. The fraction of sp³-hybridized carbons (Fsp3) is 0.414. The summed E-state index contributed by atoms with van der Waals surface area (Å²) in [7, 11) is 0. The normalized spacial score (nSPS) is 18.0. The average molecular weight is 519 g/mol. The summed E-state index contributed by atoms with van der Waals surface area (Å²) in [6.07, 6.45) is 0.868. The molecule has 4 rings (SSSR count). The Hall–Kier alpha value is -4.01. The Kier molecular flexibility index (Phi) is 7.94. The number of imide groups is 1. The molecule has 200 valence electrons. The molecule has 2 aromatic rings. The van der Waals surface area contributed by atoms with Crippen LogP contribution in [0.1, 0.15) is 73.0 Å². The molecule has 1 saturated heterocycles. The molecule has 9 heteroatoms. The Bertz CT molecular complexity index is 1250. The molecule has 0 saturated carbocycles. The van der Waals surface area contributed by atoms with Gasteiger partial charge in [0.15, 0.2) is 0 Å². The van der Waals surface area contributed by atoms with Crippen LogP contribution in [0.25, 0.3) is 0 Å². The van der Waals surface area contributed by atoms with Gasteiger partial charge in [-0.2, -0.15) is 0 Å². The highest BCUT2D eigenvalue weighted by Gasteiger charge is 2.39. The summed E-state index contributed by atoms with van der Waals surface area (Å²) < 4.78 is 0. The van der Waals surface area contributed by atoms with Crippen LogP contribution < -0.4 is 16.0 Å². The second-order valence-corrected chi connectivity index (χ2v) is 11.1. The predicted octanol–water partition coefficient (Wildman–Crippen LogP) is 2.40. The highest BCUT2D eigenvalue weighted by molar-refractivity contribution is 6.05. The van der Waals surface area contributed by atoms with E-state index in [0.717, 1.165) is 16.7 Å². The Balaban J connectivity index is 1.40. The summed E-state index contributed by atoms with van der Waals surface area (Å²) in [5, 5.41) is 8.17. The van der Waals surface area contributed by atoms with Gasteiger partial charge in [-0.05, 0) is 34.6 Å². The first kappa shape index (κ1) is 27.0. The Morgan fingerprint density at radius 2 is 1.79 bits per heavy atom. The number of rotatable bonds is 8. The van der Waals surface area contributed by atoms with Crippen molar-refractivity contribution in [2.24, 2.45) is 5.41 Å². The lowest BCUT2D eigenvalue weighted by molar-refractivity contribution is -0.137. The van der Waals surface area contributed by atoms with E-state index in [2.05, 4.69) is 16.0 Å². The van der Waals surface area contributed by atoms with E-state index in [9.17, 15) is 24.0 Å². The van der Waals surface area contributed by atoms with Gasteiger partial charge in [0.2, 0.25) is 23.6 Å². The first-order chi connectivity index (χ1) is 18.0. The van der Waals surface area contributed by atoms with E-state index in [0.29, 0.717) is 18.4 Å². The Morgan fingerprint density at radius 3 is 2.47 bits per heavy atom. The van der Waals surface area contributed by atoms with Gasteiger partial charge in [0.1, 0.15) is 6.04 Å². The lowest BCUT2D eigenvalue weighted by Gasteiger charge is -2.29. The van der Waals surface area contributed by atoms with E-state index in [1.54, 1.807) is 12.1 Å². The third-order valence-corrected chi connectivity index (χ3v) is 6.77. The number of nitrogens with zero attached hydrogens (tertiary/aromatic N) is 1. The van der Waals surface area contributed by atoms with Crippen molar-refractivity contribution in [3.05, 3.63) is 70.8 Å². The SMILES string of the molecule is CC(C)(C)CC(=O)NCC(C(=O)NCc1ccc2c(c1)CN(C1CCC(=O)NC1=O)C2=O)c1ccccc1. The van der Waals surface area contributed by atoms with Crippen LogP contribution in [0.3, 0.4) is 0 Å². The van der Waals surface area contributed by atoms with E-state index in [1.165, 1.54) is 4.90 Å². The summed E-state index contributed by atoms with van der Waals surface area (Å²) in [6, 6.07) is 14.0. The molecule has 5 amide bonds. The molecule has 2 heterocycles. The number of amides is 5. The number of nitrogens with one attached hydrogen (secondary N) is 3. The monoisotopic (exact) mass is 518 g/mol. The number of carbonyl (C=O) groups is 5. The molecule has 2 aliphatic heterocycles. The van der Waals surface area contributed by atoms with Crippen LogP contribution >= 0.6 is 0 Å². The molecule has 0 bridgehead atoms. The van der Waals surface area contributed by atoms with Crippen LogP contribution in [0.4, 0.5) is 0 Å². The third-order valence-electron chi connectivity index (χ3n) is 6.77. The van der Waals surface area contributed by atoms with E-state index >= 15 is 0 Å². The van der Waals surface area contributed by atoms with Gasteiger partial charge in [0.05, 0.1) is 5.92 Å². The van der Waals surface area contributed by atoms with Gasteiger partial charge in [0, 0.05) is 38.0 Å². The zero-order chi connectivity index (χ0) is 27.4. The fourth-order valence-corrected chi connectivity index (χ4v) is 4.86. The smallest absolute Gasteiger partial charge is 0.255 e. The lowest BCUT2D eigenvalue weighted by Crippen LogP contribution is -2.52. The molecule has 2 aliphatic rings. The van der Waals surface area contributed by atoms with Crippen molar-refractivity contribution in [2.45, 2.75) is 65.1 Å². The first-order valence-corrected chi connectivity index (χ1v) is 12.9. The number of hydrogen-bond acceptors (Lipinski definition) is 5. The first-order valence-electron chi connectivity index (χ1n) is 12.9. The van der Waals surface area contributed by atoms with Crippen LogP contribution in [0.15, 0.2) is 48.5 Å². The number of hydrogen-bond donors (Lipinski definition) is 3. The largest absolute Gasteiger partial charge is 0.355 e. The van der Waals surface area contributed by atoms with Crippen molar-refractivity contribution >= 4 is 29.5 Å². The maximum absolute atomic E-state index is 13.2. The van der Waals surface area contributed by atoms with Crippen LogP contribution in [-0.2, 0) is 32.3 Å². The second kappa shape index (κ2) is 11.2. The quantitative estimate of drug-likeness (QED) is 0.463. The van der Waals surface area contributed by atoms with Crippen LogP contribution in [0.5, 0.6) is 0 Å². The lowest BCUT2D eigenvalue weighted by atomic mass is 9.91. The number of carbonyl (C=O) groups excluding carboxylic acids is 5. The van der Waals surface area contributed by atoms with Gasteiger partial charge in [-0.15, -0.1) is 0 Å². The average Bonchev–Trinajstić information content (AvgIpc) is 3.18. The number of piperidine rings is 1. The van der Waals surface area contributed by atoms with Gasteiger partial charge in [-0.25, -0.2) is 0 Å². The van der Waals surface area contributed by atoms with Gasteiger partial charge >= 0.3 is 0 Å². The van der Waals surface area contributed by atoms with Gasteiger partial charge in [-0.1, -0.05) is 63.2 Å². The summed E-state index contributed by atoms with van der Waals surface area (Å²) in [5.74, 6) is -1.88. The molecule has 1 fully saturated rings. The summed E-state index contributed by atoms with van der Waals surface area (Å²) >= 11 is 0. The molecule has 2 unspecified atom stereocenters. The zero-order valence-corrected chi connectivity index (χ0v) is 22.0. The van der Waals surface area contributed by atoms with Gasteiger partial charge < -0.3 is 15.5 Å². The van der Waals surface area contributed by atoms with Crippen molar-refractivity contribution in [1.82, 2.24) is 20.9 Å². The minimum absolute atomic E-state index is 0.102. The molecule has 9 nitrogen and oxygen atoms in total. The van der Waals surface area contributed by atoms with Gasteiger partial charge in [-0.3, -0.25) is 29.3 Å². The molecular weight excluding hydrogens is 484 g/mol. The van der Waals surface area contributed by atoms with Crippen molar-refractivity contribution in [2.75, 3.05) is 6.54 Å². The highest BCUT2D eigenvalue weighted by atomic mass is 16.2. The molecule has 38 heavy (non-hydrogen) atoms. The minimum atomic E-state index is -0.670. The van der Waals surface area contributed by atoms with Crippen molar-refractivity contribution in [3.8, 4) is 0 Å². The Labute approximate surface area is 222 Å². The highest BCUT2D eigenvalue weighted by Crippen LogP contribution is 2.28. The van der Waals surface area contributed by atoms with E-state index < -0.39 is 17.9 Å². The van der Waals surface area contributed by atoms with E-state index in [-0.39, 0.29) is 55.1 Å². The zero-order valence-electron chi connectivity index (χ0n) is 22.0. The van der Waals surface area contributed by atoms with Crippen LogP contribution in [-0.4, -0.2) is 47.0 Å². The fourth-order valence-electron chi connectivity index (χ4n) is 4.86. The maximum atomic E-state index is 13.2. The molecule has 2 atom stereocenters. The number of fused-ring (bicyclic) bond motifs is 1. The second-order valence-electron chi connectivity index (χ2n) is 11.1. The van der Waals surface area contributed by atoms with Crippen molar-refractivity contribution < 1.29 is 24.0 Å². The summed E-state index contributed by atoms with van der Waals surface area (Å²) in [4.78, 5) is 63.8. The molecule has 0 spiro atoms.